The second-order valence-electron chi connectivity index (χ2n) is 4.81. The Kier molecular flexibility index (Phi) is 4.90. The third-order valence-electron chi connectivity index (χ3n) is 3.33. The fourth-order valence-electron chi connectivity index (χ4n) is 2.00. The quantitative estimate of drug-likeness (QED) is 0.707. The van der Waals surface area contributed by atoms with Crippen LogP contribution in [-0.4, -0.2) is 18.2 Å². The molecule has 0 aromatic heterocycles. The van der Waals surface area contributed by atoms with Gasteiger partial charge >= 0.3 is 0 Å². The summed E-state index contributed by atoms with van der Waals surface area (Å²) in [5.41, 5.74) is 6.31. The highest BCUT2D eigenvalue weighted by molar-refractivity contribution is 4.86. The largest absolute Gasteiger partial charge is 0.377 e. The zero-order valence-corrected chi connectivity index (χ0v) is 9.72. The van der Waals surface area contributed by atoms with Crippen molar-refractivity contribution in [1.29, 1.82) is 0 Å². The molecule has 14 heavy (non-hydrogen) atoms. The summed E-state index contributed by atoms with van der Waals surface area (Å²) >= 11 is 0. The fraction of sp³-hybridized carbons (Fsp3) is 1.00. The highest BCUT2D eigenvalue weighted by atomic mass is 16.5. The van der Waals surface area contributed by atoms with Gasteiger partial charge in [0.25, 0.3) is 0 Å². The first-order valence-electron chi connectivity index (χ1n) is 6.07. The van der Waals surface area contributed by atoms with Gasteiger partial charge in [0, 0.05) is 5.54 Å². The summed E-state index contributed by atoms with van der Waals surface area (Å²) in [6, 6.07) is 0. The SMILES string of the molecule is CCC(C)OCC1(N)CCCCCC1. The van der Waals surface area contributed by atoms with Gasteiger partial charge in [0.15, 0.2) is 0 Å². The Bertz CT molecular complexity index is 150. The van der Waals surface area contributed by atoms with Gasteiger partial charge < -0.3 is 10.5 Å². The normalized spacial score (nSPS) is 24.2. The van der Waals surface area contributed by atoms with Crippen LogP contribution >= 0.6 is 0 Å². The lowest BCUT2D eigenvalue weighted by atomic mass is 9.92. The van der Waals surface area contributed by atoms with Gasteiger partial charge in [-0.05, 0) is 26.2 Å². The summed E-state index contributed by atoms with van der Waals surface area (Å²) in [5.74, 6) is 0. The van der Waals surface area contributed by atoms with E-state index in [9.17, 15) is 0 Å². The summed E-state index contributed by atoms with van der Waals surface area (Å²) in [5, 5.41) is 0. The van der Waals surface area contributed by atoms with Crippen molar-refractivity contribution in [3.63, 3.8) is 0 Å². The van der Waals surface area contributed by atoms with Gasteiger partial charge in [0.05, 0.1) is 12.7 Å². The first-order valence-corrected chi connectivity index (χ1v) is 6.07. The molecule has 0 aliphatic heterocycles. The maximum absolute atomic E-state index is 6.34. The molecule has 2 nitrogen and oxygen atoms in total. The molecule has 1 saturated carbocycles. The Hall–Kier alpha value is -0.0800. The third-order valence-corrected chi connectivity index (χ3v) is 3.33. The van der Waals surface area contributed by atoms with E-state index < -0.39 is 0 Å². The molecule has 0 radical (unpaired) electrons. The maximum Gasteiger partial charge on any atom is 0.0649 e. The van der Waals surface area contributed by atoms with Crippen molar-refractivity contribution in [3.8, 4) is 0 Å². The van der Waals surface area contributed by atoms with Crippen molar-refractivity contribution in [2.75, 3.05) is 6.61 Å². The van der Waals surface area contributed by atoms with Gasteiger partial charge in [-0.25, -0.2) is 0 Å². The van der Waals surface area contributed by atoms with Crippen molar-refractivity contribution < 1.29 is 4.74 Å². The highest BCUT2D eigenvalue weighted by Gasteiger charge is 2.26. The monoisotopic (exact) mass is 199 g/mol. The molecule has 2 heteroatoms. The molecule has 0 bridgehead atoms. The van der Waals surface area contributed by atoms with Gasteiger partial charge in [-0.2, -0.15) is 0 Å². The predicted molar refractivity (Wildman–Crippen MR) is 60.3 cm³/mol. The van der Waals surface area contributed by atoms with Gasteiger partial charge in [-0.3, -0.25) is 0 Å². The highest BCUT2D eigenvalue weighted by Crippen LogP contribution is 2.25. The Morgan fingerprint density at radius 2 is 1.79 bits per heavy atom. The molecule has 84 valence electrons. The molecule has 0 amide bonds. The summed E-state index contributed by atoms with van der Waals surface area (Å²) in [6.45, 7) is 5.03. The van der Waals surface area contributed by atoms with Crippen molar-refractivity contribution in [3.05, 3.63) is 0 Å². The van der Waals surface area contributed by atoms with Crippen LogP contribution in [0.2, 0.25) is 0 Å². The molecule has 0 saturated heterocycles. The van der Waals surface area contributed by atoms with Gasteiger partial charge in [-0.1, -0.05) is 32.6 Å². The molecule has 1 aliphatic carbocycles. The minimum Gasteiger partial charge on any atom is -0.377 e. The molecule has 1 atom stereocenters. The Morgan fingerprint density at radius 3 is 2.29 bits per heavy atom. The Morgan fingerprint density at radius 1 is 1.21 bits per heavy atom. The van der Waals surface area contributed by atoms with Crippen LogP contribution in [0, 0.1) is 0 Å². The van der Waals surface area contributed by atoms with E-state index in [-0.39, 0.29) is 5.54 Å². The summed E-state index contributed by atoms with van der Waals surface area (Å²) < 4.78 is 5.76. The molecule has 0 aromatic rings. The zero-order chi connectivity index (χ0) is 10.4. The molecule has 1 aliphatic rings. The lowest BCUT2D eigenvalue weighted by Crippen LogP contribution is -2.44. The number of hydrogen-bond donors (Lipinski definition) is 1. The topological polar surface area (TPSA) is 35.2 Å². The molecule has 0 aromatic carbocycles. The summed E-state index contributed by atoms with van der Waals surface area (Å²) in [4.78, 5) is 0. The number of rotatable bonds is 4. The Labute approximate surface area is 88.2 Å². The van der Waals surface area contributed by atoms with E-state index in [2.05, 4.69) is 13.8 Å². The van der Waals surface area contributed by atoms with Crippen LogP contribution in [-0.2, 0) is 4.74 Å². The van der Waals surface area contributed by atoms with Crippen molar-refractivity contribution in [2.24, 2.45) is 5.73 Å². The van der Waals surface area contributed by atoms with Crippen LogP contribution in [0.5, 0.6) is 0 Å². The van der Waals surface area contributed by atoms with Crippen molar-refractivity contribution in [1.82, 2.24) is 0 Å². The van der Waals surface area contributed by atoms with Crippen LogP contribution in [0.4, 0.5) is 0 Å². The smallest absolute Gasteiger partial charge is 0.0649 e. The van der Waals surface area contributed by atoms with Crippen LogP contribution in [0.1, 0.15) is 58.8 Å². The van der Waals surface area contributed by atoms with Crippen LogP contribution in [0.15, 0.2) is 0 Å². The van der Waals surface area contributed by atoms with E-state index in [0.29, 0.717) is 6.10 Å². The Balaban J connectivity index is 2.31. The van der Waals surface area contributed by atoms with Gasteiger partial charge in [0.1, 0.15) is 0 Å². The van der Waals surface area contributed by atoms with Gasteiger partial charge in [0.2, 0.25) is 0 Å². The van der Waals surface area contributed by atoms with Gasteiger partial charge in [-0.15, -0.1) is 0 Å². The number of ether oxygens (including phenoxy) is 1. The minimum absolute atomic E-state index is 0.0278. The fourth-order valence-corrected chi connectivity index (χ4v) is 2.00. The lowest BCUT2D eigenvalue weighted by Gasteiger charge is -2.29. The van der Waals surface area contributed by atoms with E-state index in [1.165, 1.54) is 25.7 Å². The van der Waals surface area contributed by atoms with E-state index in [0.717, 1.165) is 25.9 Å². The maximum atomic E-state index is 6.34. The van der Waals surface area contributed by atoms with Crippen molar-refractivity contribution in [2.45, 2.75) is 70.4 Å². The molecule has 1 fully saturated rings. The van der Waals surface area contributed by atoms with Crippen LogP contribution in [0.25, 0.3) is 0 Å². The molecule has 2 N–H and O–H groups in total. The average Bonchev–Trinajstić information content (AvgIpc) is 2.40. The molecule has 1 unspecified atom stereocenters. The molecule has 0 spiro atoms. The van der Waals surface area contributed by atoms with Crippen LogP contribution < -0.4 is 5.73 Å². The average molecular weight is 199 g/mol. The third kappa shape index (κ3) is 3.97. The molecular weight excluding hydrogens is 174 g/mol. The van der Waals surface area contributed by atoms with E-state index in [1.54, 1.807) is 0 Å². The van der Waals surface area contributed by atoms with E-state index in [1.807, 2.05) is 0 Å². The standard InChI is InChI=1S/C12H25NO/c1-3-11(2)14-10-12(13)8-6-4-5-7-9-12/h11H,3-10,13H2,1-2H3. The zero-order valence-electron chi connectivity index (χ0n) is 9.72. The number of nitrogens with two attached hydrogens (primary N) is 1. The molecule has 0 heterocycles. The lowest BCUT2D eigenvalue weighted by molar-refractivity contribution is 0.0235. The second kappa shape index (κ2) is 5.72. The summed E-state index contributed by atoms with van der Waals surface area (Å²) in [6.07, 6.45) is 8.98. The molecular formula is C12H25NO. The molecule has 1 rings (SSSR count). The van der Waals surface area contributed by atoms with E-state index >= 15 is 0 Å². The van der Waals surface area contributed by atoms with Crippen LogP contribution in [0.3, 0.4) is 0 Å². The van der Waals surface area contributed by atoms with Crippen molar-refractivity contribution >= 4 is 0 Å². The summed E-state index contributed by atoms with van der Waals surface area (Å²) in [7, 11) is 0. The minimum atomic E-state index is -0.0278. The first-order chi connectivity index (χ1) is 6.66. The van der Waals surface area contributed by atoms with E-state index in [4.69, 9.17) is 10.5 Å². The second-order valence-corrected chi connectivity index (χ2v) is 4.81. The predicted octanol–water partition coefficient (Wildman–Crippen LogP) is 2.85. The number of hydrogen-bond acceptors (Lipinski definition) is 2. The first kappa shape index (κ1) is 12.0.